The van der Waals surface area contributed by atoms with Crippen molar-refractivity contribution in [3.8, 4) is 16.9 Å². The highest BCUT2D eigenvalue weighted by Gasteiger charge is 2.02. The van der Waals surface area contributed by atoms with Gasteiger partial charge in [0.1, 0.15) is 12.0 Å². The van der Waals surface area contributed by atoms with Gasteiger partial charge in [-0.3, -0.25) is 4.79 Å². The SMILES string of the molecule is CC(C)COc1cccc(-c2cccc(C=O)c2)c1. The van der Waals surface area contributed by atoms with Gasteiger partial charge in [-0.1, -0.05) is 44.2 Å². The summed E-state index contributed by atoms with van der Waals surface area (Å²) >= 11 is 0. The molecule has 0 aromatic heterocycles. The Hall–Kier alpha value is -2.09. The molecule has 0 unspecified atom stereocenters. The fourth-order valence-electron chi connectivity index (χ4n) is 1.82. The van der Waals surface area contributed by atoms with Crippen LogP contribution in [-0.4, -0.2) is 12.9 Å². The highest BCUT2D eigenvalue weighted by Crippen LogP contribution is 2.24. The number of ether oxygens (including phenoxy) is 1. The van der Waals surface area contributed by atoms with Crippen molar-refractivity contribution in [2.45, 2.75) is 13.8 Å². The lowest BCUT2D eigenvalue weighted by Gasteiger charge is -2.10. The molecule has 0 radical (unpaired) electrons. The molecular formula is C17H18O2. The molecule has 0 fully saturated rings. The van der Waals surface area contributed by atoms with E-state index < -0.39 is 0 Å². The largest absolute Gasteiger partial charge is 0.493 e. The molecule has 0 atom stereocenters. The summed E-state index contributed by atoms with van der Waals surface area (Å²) in [5.74, 6) is 1.37. The van der Waals surface area contributed by atoms with Crippen LogP contribution in [0.4, 0.5) is 0 Å². The second kappa shape index (κ2) is 6.19. The lowest BCUT2D eigenvalue weighted by atomic mass is 10.0. The number of hydrogen-bond acceptors (Lipinski definition) is 2. The van der Waals surface area contributed by atoms with Crippen molar-refractivity contribution in [1.29, 1.82) is 0 Å². The first-order valence-corrected chi connectivity index (χ1v) is 6.47. The Morgan fingerprint density at radius 2 is 1.74 bits per heavy atom. The highest BCUT2D eigenvalue weighted by molar-refractivity contribution is 5.79. The molecule has 98 valence electrons. The molecule has 2 heteroatoms. The van der Waals surface area contributed by atoms with Gasteiger partial charge in [-0.15, -0.1) is 0 Å². The fourth-order valence-corrected chi connectivity index (χ4v) is 1.82. The molecule has 2 rings (SSSR count). The molecule has 0 amide bonds. The maximum Gasteiger partial charge on any atom is 0.150 e. The van der Waals surface area contributed by atoms with E-state index in [2.05, 4.69) is 13.8 Å². The van der Waals surface area contributed by atoms with Crippen LogP contribution in [0, 0.1) is 5.92 Å². The predicted molar refractivity (Wildman–Crippen MR) is 77.6 cm³/mol. The van der Waals surface area contributed by atoms with Crippen molar-refractivity contribution < 1.29 is 9.53 Å². The molecule has 0 aliphatic rings. The lowest BCUT2D eigenvalue weighted by molar-refractivity contribution is 0.112. The summed E-state index contributed by atoms with van der Waals surface area (Å²) in [5, 5.41) is 0. The molecule has 2 nitrogen and oxygen atoms in total. The molecule has 0 bridgehead atoms. The number of benzene rings is 2. The van der Waals surface area contributed by atoms with Crippen molar-refractivity contribution in [2.75, 3.05) is 6.61 Å². The average molecular weight is 254 g/mol. The fraction of sp³-hybridized carbons (Fsp3) is 0.235. The normalized spacial score (nSPS) is 10.5. The van der Waals surface area contributed by atoms with Crippen LogP contribution in [0.25, 0.3) is 11.1 Å². The number of carbonyl (C=O) groups excluding carboxylic acids is 1. The average Bonchev–Trinajstić information content (AvgIpc) is 2.45. The van der Waals surface area contributed by atoms with Gasteiger partial charge in [0, 0.05) is 5.56 Å². The monoisotopic (exact) mass is 254 g/mol. The standard InChI is InChI=1S/C17H18O2/c1-13(2)12-19-17-8-4-7-16(10-17)15-6-3-5-14(9-15)11-18/h3-11,13H,12H2,1-2H3. The molecule has 0 saturated heterocycles. The van der Waals surface area contributed by atoms with E-state index in [1.165, 1.54) is 0 Å². The lowest BCUT2D eigenvalue weighted by Crippen LogP contribution is -2.04. The van der Waals surface area contributed by atoms with Crippen molar-refractivity contribution in [3.05, 3.63) is 54.1 Å². The molecule has 0 aliphatic carbocycles. The van der Waals surface area contributed by atoms with Crippen LogP contribution < -0.4 is 4.74 Å². The van der Waals surface area contributed by atoms with E-state index in [0.29, 0.717) is 18.1 Å². The molecule has 0 saturated carbocycles. The molecule has 0 spiro atoms. The van der Waals surface area contributed by atoms with Gasteiger partial charge < -0.3 is 4.74 Å². The molecule has 2 aromatic rings. The van der Waals surface area contributed by atoms with Gasteiger partial charge in [-0.2, -0.15) is 0 Å². The number of aldehydes is 1. The minimum atomic E-state index is 0.502. The van der Waals surface area contributed by atoms with Gasteiger partial charge in [0.05, 0.1) is 6.61 Å². The topological polar surface area (TPSA) is 26.3 Å². The summed E-state index contributed by atoms with van der Waals surface area (Å²) in [4.78, 5) is 10.8. The van der Waals surface area contributed by atoms with Gasteiger partial charge in [0.15, 0.2) is 0 Å². The maximum atomic E-state index is 10.8. The third-order valence-corrected chi connectivity index (χ3v) is 2.77. The van der Waals surface area contributed by atoms with Gasteiger partial charge >= 0.3 is 0 Å². The third kappa shape index (κ3) is 3.68. The van der Waals surface area contributed by atoms with E-state index in [9.17, 15) is 4.79 Å². The molecule has 0 N–H and O–H groups in total. The van der Waals surface area contributed by atoms with Crippen molar-refractivity contribution in [2.24, 2.45) is 5.92 Å². The first kappa shape index (κ1) is 13.3. The summed E-state index contributed by atoms with van der Waals surface area (Å²) in [7, 11) is 0. The number of rotatable bonds is 5. The Balaban J connectivity index is 2.24. The van der Waals surface area contributed by atoms with Crippen LogP contribution in [0.1, 0.15) is 24.2 Å². The van der Waals surface area contributed by atoms with Crippen molar-refractivity contribution >= 4 is 6.29 Å². The van der Waals surface area contributed by atoms with E-state index in [4.69, 9.17) is 4.74 Å². The second-order valence-electron chi connectivity index (χ2n) is 4.98. The van der Waals surface area contributed by atoms with E-state index in [-0.39, 0.29) is 0 Å². The predicted octanol–water partition coefficient (Wildman–Crippen LogP) is 4.20. The summed E-state index contributed by atoms with van der Waals surface area (Å²) < 4.78 is 5.72. The minimum Gasteiger partial charge on any atom is -0.493 e. The first-order chi connectivity index (χ1) is 9.19. The smallest absolute Gasteiger partial charge is 0.150 e. The van der Waals surface area contributed by atoms with Crippen molar-refractivity contribution in [3.63, 3.8) is 0 Å². The Labute approximate surface area is 114 Å². The van der Waals surface area contributed by atoms with Crippen LogP contribution in [0.15, 0.2) is 48.5 Å². The summed E-state index contributed by atoms with van der Waals surface area (Å²) in [6.45, 7) is 4.95. The van der Waals surface area contributed by atoms with Crippen LogP contribution >= 0.6 is 0 Å². The zero-order valence-corrected chi connectivity index (χ0v) is 11.3. The van der Waals surface area contributed by atoms with Crippen molar-refractivity contribution in [1.82, 2.24) is 0 Å². The maximum absolute atomic E-state index is 10.8. The van der Waals surface area contributed by atoms with E-state index in [1.54, 1.807) is 6.07 Å². The van der Waals surface area contributed by atoms with E-state index in [0.717, 1.165) is 23.2 Å². The van der Waals surface area contributed by atoms with Crippen LogP contribution in [0.2, 0.25) is 0 Å². The van der Waals surface area contributed by atoms with Gasteiger partial charge in [-0.25, -0.2) is 0 Å². The van der Waals surface area contributed by atoms with E-state index in [1.807, 2.05) is 42.5 Å². The van der Waals surface area contributed by atoms with Gasteiger partial charge in [-0.05, 0) is 35.2 Å². The number of carbonyl (C=O) groups is 1. The zero-order chi connectivity index (χ0) is 13.7. The molecule has 0 aliphatic heterocycles. The Morgan fingerprint density at radius 1 is 1.05 bits per heavy atom. The quantitative estimate of drug-likeness (QED) is 0.747. The molecule has 0 heterocycles. The van der Waals surface area contributed by atoms with Crippen LogP contribution in [-0.2, 0) is 0 Å². The molecule has 2 aromatic carbocycles. The Bertz CT molecular complexity index is 559. The Morgan fingerprint density at radius 3 is 2.42 bits per heavy atom. The minimum absolute atomic E-state index is 0.502. The first-order valence-electron chi connectivity index (χ1n) is 6.47. The van der Waals surface area contributed by atoms with Crippen LogP contribution in [0.3, 0.4) is 0 Å². The summed E-state index contributed by atoms with van der Waals surface area (Å²) in [6.07, 6.45) is 0.864. The van der Waals surface area contributed by atoms with Gasteiger partial charge in [0.25, 0.3) is 0 Å². The van der Waals surface area contributed by atoms with Crippen LogP contribution in [0.5, 0.6) is 5.75 Å². The second-order valence-corrected chi connectivity index (χ2v) is 4.98. The zero-order valence-electron chi connectivity index (χ0n) is 11.3. The third-order valence-electron chi connectivity index (χ3n) is 2.77. The highest BCUT2D eigenvalue weighted by atomic mass is 16.5. The summed E-state index contributed by atoms with van der Waals surface area (Å²) in [6, 6.07) is 15.5. The van der Waals surface area contributed by atoms with E-state index >= 15 is 0 Å². The number of hydrogen-bond donors (Lipinski definition) is 0. The Kier molecular flexibility index (Phi) is 4.35. The summed E-state index contributed by atoms with van der Waals surface area (Å²) in [5.41, 5.74) is 2.77. The van der Waals surface area contributed by atoms with Gasteiger partial charge in [0.2, 0.25) is 0 Å². The molecular weight excluding hydrogens is 236 g/mol. The molecule has 19 heavy (non-hydrogen) atoms.